The molecule has 0 fully saturated rings. The molecule has 0 aliphatic rings. The van der Waals surface area contributed by atoms with E-state index >= 15 is 0 Å². The zero-order valence-corrected chi connectivity index (χ0v) is 10.8. The molecule has 0 aliphatic carbocycles. The average Bonchev–Trinajstić information content (AvgIpc) is 2.65. The quantitative estimate of drug-likeness (QED) is 0.603. The van der Waals surface area contributed by atoms with Gasteiger partial charge in [0.25, 0.3) is 0 Å². The molecule has 1 N–H and O–H groups in total. The Morgan fingerprint density at radius 3 is 2.53 bits per heavy atom. The number of aromatic nitrogens is 2. The fourth-order valence-electron chi connectivity index (χ4n) is 1.99. The topological polar surface area (TPSA) is 28.7 Å². The molecule has 17 heavy (non-hydrogen) atoms. The maximum Gasteiger partial charge on any atom is 0.234 e. The summed E-state index contributed by atoms with van der Waals surface area (Å²) in [5, 5.41) is 2.11. The van der Waals surface area contributed by atoms with Crippen molar-refractivity contribution in [3.63, 3.8) is 0 Å². The minimum atomic E-state index is -1.53. The Morgan fingerprint density at radius 1 is 1.00 bits per heavy atom. The molecule has 0 unspecified atom stereocenters. The molecule has 3 aromatic rings. The summed E-state index contributed by atoms with van der Waals surface area (Å²) < 4.78 is -1.53. The van der Waals surface area contributed by atoms with Crippen molar-refractivity contribution in [1.29, 1.82) is 0 Å². The van der Waals surface area contributed by atoms with Gasteiger partial charge in [0, 0.05) is 22.5 Å². The molecule has 0 saturated heterocycles. The van der Waals surface area contributed by atoms with E-state index in [9.17, 15) is 0 Å². The largest absolute Gasteiger partial charge is 0.353 e. The zero-order chi connectivity index (χ0) is 12.0. The lowest BCUT2D eigenvalue weighted by molar-refractivity contribution is 1.11. The summed E-state index contributed by atoms with van der Waals surface area (Å²) in [4.78, 5) is 7.38. The molecular formula is C12H7Cl3N2. The number of aromatic amines is 1. The second kappa shape index (κ2) is 3.77. The van der Waals surface area contributed by atoms with Gasteiger partial charge in [-0.05, 0) is 12.1 Å². The second-order valence-electron chi connectivity index (χ2n) is 3.75. The molecule has 0 aliphatic heterocycles. The van der Waals surface area contributed by atoms with Gasteiger partial charge in [0.15, 0.2) is 0 Å². The van der Waals surface area contributed by atoms with E-state index < -0.39 is 3.79 Å². The van der Waals surface area contributed by atoms with Crippen molar-refractivity contribution in [3.05, 3.63) is 42.2 Å². The van der Waals surface area contributed by atoms with Gasteiger partial charge in [-0.1, -0.05) is 53.0 Å². The number of nitrogens with zero attached hydrogens (tertiary/aromatic N) is 1. The number of benzene rings is 1. The van der Waals surface area contributed by atoms with E-state index in [1.807, 2.05) is 30.3 Å². The number of rotatable bonds is 0. The smallest absolute Gasteiger partial charge is 0.234 e. The van der Waals surface area contributed by atoms with Crippen LogP contribution in [0.5, 0.6) is 0 Å². The van der Waals surface area contributed by atoms with Crippen LogP contribution in [0.3, 0.4) is 0 Å². The van der Waals surface area contributed by atoms with Crippen molar-refractivity contribution >= 4 is 56.6 Å². The predicted octanol–water partition coefficient (Wildman–Crippen LogP) is 4.54. The molecule has 5 heteroatoms. The van der Waals surface area contributed by atoms with Gasteiger partial charge < -0.3 is 4.98 Å². The van der Waals surface area contributed by atoms with E-state index in [4.69, 9.17) is 34.8 Å². The van der Waals surface area contributed by atoms with E-state index in [-0.39, 0.29) is 0 Å². The van der Waals surface area contributed by atoms with Gasteiger partial charge in [-0.25, -0.2) is 0 Å². The lowest BCUT2D eigenvalue weighted by Crippen LogP contribution is -2.04. The van der Waals surface area contributed by atoms with Crippen molar-refractivity contribution in [2.75, 3.05) is 0 Å². The number of pyridine rings is 1. The number of alkyl halides is 3. The number of para-hydroxylation sites is 1. The highest BCUT2D eigenvalue weighted by Crippen LogP contribution is 2.41. The van der Waals surface area contributed by atoms with Crippen LogP contribution in [0.15, 0.2) is 36.5 Å². The standard InChI is InChI=1S/C12H7Cl3N2/c13-12(14,15)11-10-8(5-6-16-11)7-3-1-2-4-9(7)17-10/h1-6,17H. The molecule has 3 rings (SSSR count). The van der Waals surface area contributed by atoms with Gasteiger partial charge in [0.05, 0.1) is 5.52 Å². The summed E-state index contributed by atoms with van der Waals surface area (Å²) in [6, 6.07) is 9.85. The van der Waals surface area contributed by atoms with Gasteiger partial charge in [-0.2, -0.15) is 0 Å². The second-order valence-corrected chi connectivity index (χ2v) is 6.03. The van der Waals surface area contributed by atoms with Gasteiger partial charge in [-0.3, -0.25) is 4.98 Å². The number of hydrogen-bond acceptors (Lipinski definition) is 1. The van der Waals surface area contributed by atoms with Crippen LogP contribution in [-0.2, 0) is 3.79 Å². The highest BCUT2D eigenvalue weighted by molar-refractivity contribution is 6.67. The third-order valence-corrected chi connectivity index (χ3v) is 3.23. The Bertz CT molecular complexity index is 698. The lowest BCUT2D eigenvalue weighted by atomic mass is 10.2. The first-order valence-corrected chi connectivity index (χ1v) is 6.13. The molecule has 0 spiro atoms. The van der Waals surface area contributed by atoms with Crippen molar-refractivity contribution in [1.82, 2.24) is 9.97 Å². The van der Waals surface area contributed by atoms with Crippen LogP contribution in [0, 0.1) is 0 Å². The maximum atomic E-state index is 5.91. The first-order valence-electron chi connectivity index (χ1n) is 5.00. The van der Waals surface area contributed by atoms with Crippen LogP contribution in [0.4, 0.5) is 0 Å². The molecule has 0 atom stereocenters. The lowest BCUT2D eigenvalue weighted by Gasteiger charge is -2.10. The van der Waals surface area contributed by atoms with Crippen LogP contribution in [0.1, 0.15) is 5.69 Å². The number of hydrogen-bond donors (Lipinski definition) is 1. The van der Waals surface area contributed by atoms with Crippen molar-refractivity contribution < 1.29 is 0 Å². The van der Waals surface area contributed by atoms with E-state index in [0.29, 0.717) is 5.69 Å². The van der Waals surface area contributed by atoms with Crippen LogP contribution in [0.25, 0.3) is 21.8 Å². The molecular weight excluding hydrogens is 279 g/mol. The third-order valence-electron chi connectivity index (χ3n) is 2.70. The van der Waals surface area contributed by atoms with E-state index in [2.05, 4.69) is 9.97 Å². The van der Waals surface area contributed by atoms with Gasteiger partial charge in [0.1, 0.15) is 5.69 Å². The van der Waals surface area contributed by atoms with Gasteiger partial charge >= 0.3 is 0 Å². The minimum Gasteiger partial charge on any atom is -0.353 e. The minimum absolute atomic E-state index is 0.427. The summed E-state index contributed by atoms with van der Waals surface area (Å²) >= 11 is 17.7. The molecule has 2 nitrogen and oxygen atoms in total. The van der Waals surface area contributed by atoms with E-state index in [1.54, 1.807) is 6.20 Å². The Labute approximate surface area is 112 Å². The van der Waals surface area contributed by atoms with Crippen molar-refractivity contribution in [2.24, 2.45) is 0 Å². The number of fused-ring (bicyclic) bond motifs is 3. The Kier molecular flexibility index (Phi) is 2.47. The Hall–Kier alpha value is -0.960. The zero-order valence-electron chi connectivity index (χ0n) is 8.55. The van der Waals surface area contributed by atoms with Crippen molar-refractivity contribution in [3.8, 4) is 0 Å². The van der Waals surface area contributed by atoms with Gasteiger partial charge in [0.2, 0.25) is 3.79 Å². The summed E-state index contributed by atoms with van der Waals surface area (Å²) in [6.45, 7) is 0. The first-order chi connectivity index (χ1) is 8.07. The van der Waals surface area contributed by atoms with Crippen LogP contribution >= 0.6 is 34.8 Å². The molecule has 86 valence electrons. The summed E-state index contributed by atoms with van der Waals surface area (Å²) in [7, 11) is 0. The van der Waals surface area contributed by atoms with E-state index in [1.165, 1.54) is 0 Å². The molecule has 0 amide bonds. The molecule has 1 aromatic carbocycles. The maximum absolute atomic E-state index is 5.91. The highest BCUT2D eigenvalue weighted by Gasteiger charge is 2.28. The molecule has 0 radical (unpaired) electrons. The fraction of sp³-hybridized carbons (Fsp3) is 0.0833. The predicted molar refractivity (Wildman–Crippen MR) is 72.8 cm³/mol. The number of H-pyrrole nitrogens is 1. The van der Waals surface area contributed by atoms with Gasteiger partial charge in [-0.15, -0.1) is 0 Å². The average molecular weight is 286 g/mol. The SMILES string of the molecule is ClC(Cl)(Cl)c1nccc2c1[nH]c1ccccc12. The monoisotopic (exact) mass is 284 g/mol. The Morgan fingerprint density at radius 2 is 1.76 bits per heavy atom. The molecule has 0 saturated carbocycles. The fourth-order valence-corrected chi connectivity index (χ4v) is 2.42. The van der Waals surface area contributed by atoms with Crippen LogP contribution in [0.2, 0.25) is 0 Å². The van der Waals surface area contributed by atoms with Crippen molar-refractivity contribution in [2.45, 2.75) is 3.79 Å². The molecule has 2 heterocycles. The normalized spacial score (nSPS) is 12.4. The highest BCUT2D eigenvalue weighted by atomic mass is 35.6. The van der Waals surface area contributed by atoms with E-state index in [0.717, 1.165) is 21.8 Å². The van der Waals surface area contributed by atoms with Crippen LogP contribution < -0.4 is 0 Å². The number of halogens is 3. The third kappa shape index (κ3) is 1.77. The van der Waals surface area contributed by atoms with Crippen LogP contribution in [-0.4, -0.2) is 9.97 Å². The molecule has 0 bridgehead atoms. The first kappa shape index (κ1) is 11.1. The summed E-state index contributed by atoms with van der Waals surface area (Å²) in [5.41, 5.74) is 2.20. The molecule has 2 aromatic heterocycles. The summed E-state index contributed by atoms with van der Waals surface area (Å²) in [5.74, 6) is 0. The Balaban J connectivity index is 2.48. The summed E-state index contributed by atoms with van der Waals surface area (Å²) in [6.07, 6.45) is 1.65. The number of nitrogens with one attached hydrogen (secondary N) is 1.